The zero-order valence-electron chi connectivity index (χ0n) is 15.9. The summed E-state index contributed by atoms with van der Waals surface area (Å²) in [5.41, 5.74) is 2.17. The van der Waals surface area contributed by atoms with E-state index in [1.54, 1.807) is 14.2 Å². The van der Waals surface area contributed by atoms with Crippen LogP contribution in [0.15, 0.2) is 36.4 Å². The molecule has 0 aliphatic heterocycles. The number of rotatable bonds is 4. The second kappa shape index (κ2) is 6.88. The molecule has 0 radical (unpaired) electrons. The molecule has 0 fully saturated rings. The standard InChI is InChI=1S/C22H18O2S4/c1-11-5-19-21(25-11)9-17(27-19)13-7-16(24-4)14(8-15(13)23-3)18-10-22-20(28-18)6-12(2)26-22/h5-10H,1-4H3. The van der Waals surface area contributed by atoms with Crippen LogP contribution in [0.5, 0.6) is 11.5 Å². The monoisotopic (exact) mass is 442 g/mol. The lowest BCUT2D eigenvalue weighted by atomic mass is 10.1. The van der Waals surface area contributed by atoms with E-state index in [1.807, 2.05) is 45.3 Å². The molecule has 5 rings (SSSR count). The van der Waals surface area contributed by atoms with Crippen LogP contribution in [0.2, 0.25) is 0 Å². The van der Waals surface area contributed by atoms with Gasteiger partial charge in [-0.1, -0.05) is 0 Å². The largest absolute Gasteiger partial charge is 0.496 e. The number of methoxy groups -OCH3 is 2. The van der Waals surface area contributed by atoms with Gasteiger partial charge in [-0.05, 0) is 50.2 Å². The molecule has 142 valence electrons. The third-order valence-electron chi connectivity index (χ3n) is 4.71. The molecule has 6 heteroatoms. The smallest absolute Gasteiger partial charge is 0.128 e. The van der Waals surface area contributed by atoms with E-state index in [2.05, 4.69) is 50.2 Å². The molecule has 1 aromatic carbocycles. The molecule has 0 amide bonds. The number of hydrogen-bond acceptors (Lipinski definition) is 6. The minimum absolute atomic E-state index is 0.884. The van der Waals surface area contributed by atoms with Gasteiger partial charge in [0.1, 0.15) is 11.5 Å². The molecule has 4 heterocycles. The molecule has 0 spiro atoms. The summed E-state index contributed by atoms with van der Waals surface area (Å²) in [5.74, 6) is 1.77. The zero-order chi connectivity index (χ0) is 19.4. The normalized spacial score (nSPS) is 11.6. The van der Waals surface area contributed by atoms with Crippen molar-refractivity contribution < 1.29 is 9.47 Å². The lowest BCUT2D eigenvalue weighted by Gasteiger charge is -2.13. The lowest BCUT2D eigenvalue weighted by Crippen LogP contribution is -1.92. The Morgan fingerprint density at radius 2 is 0.929 bits per heavy atom. The highest BCUT2D eigenvalue weighted by molar-refractivity contribution is 7.30. The van der Waals surface area contributed by atoms with Gasteiger partial charge >= 0.3 is 0 Å². The zero-order valence-corrected chi connectivity index (χ0v) is 19.2. The van der Waals surface area contributed by atoms with Crippen LogP contribution in [0.4, 0.5) is 0 Å². The fraction of sp³-hybridized carbons (Fsp3) is 0.182. The Hall–Kier alpha value is -1.86. The van der Waals surface area contributed by atoms with E-state index in [-0.39, 0.29) is 0 Å². The molecule has 4 aromatic heterocycles. The van der Waals surface area contributed by atoms with Crippen LogP contribution in [-0.2, 0) is 0 Å². The van der Waals surface area contributed by atoms with E-state index >= 15 is 0 Å². The first kappa shape index (κ1) is 18.2. The fourth-order valence-electron chi connectivity index (χ4n) is 3.46. The van der Waals surface area contributed by atoms with Gasteiger partial charge in [-0.2, -0.15) is 0 Å². The number of ether oxygens (including phenoxy) is 2. The van der Waals surface area contributed by atoms with Gasteiger partial charge in [0.05, 0.1) is 14.2 Å². The Morgan fingerprint density at radius 1 is 0.536 bits per heavy atom. The molecule has 0 saturated carbocycles. The predicted octanol–water partition coefficient (Wildman–Crippen LogP) is 8.21. The summed E-state index contributed by atoms with van der Waals surface area (Å²) in [4.78, 5) is 5.12. The topological polar surface area (TPSA) is 18.5 Å². The first-order valence-electron chi connectivity index (χ1n) is 8.82. The molecule has 0 N–H and O–H groups in total. The van der Waals surface area contributed by atoms with Gasteiger partial charge in [0, 0.05) is 49.4 Å². The Balaban J connectivity index is 1.66. The van der Waals surface area contributed by atoms with Crippen LogP contribution in [0.1, 0.15) is 9.75 Å². The number of aryl methyl sites for hydroxylation is 2. The van der Waals surface area contributed by atoms with Gasteiger partial charge in [-0.15, -0.1) is 45.3 Å². The Labute approximate surface area is 179 Å². The van der Waals surface area contributed by atoms with E-state index in [9.17, 15) is 0 Å². The molecule has 0 aliphatic rings. The molecule has 5 aromatic rings. The predicted molar refractivity (Wildman–Crippen MR) is 126 cm³/mol. The van der Waals surface area contributed by atoms with Crippen molar-refractivity contribution in [1.29, 1.82) is 0 Å². The minimum Gasteiger partial charge on any atom is -0.496 e. The third-order valence-corrected chi connectivity index (χ3v) is 9.20. The summed E-state index contributed by atoms with van der Waals surface area (Å²) >= 11 is 7.29. The molecule has 0 unspecified atom stereocenters. The lowest BCUT2D eigenvalue weighted by molar-refractivity contribution is 0.406. The van der Waals surface area contributed by atoms with E-state index in [4.69, 9.17) is 9.47 Å². The van der Waals surface area contributed by atoms with Gasteiger partial charge in [0.25, 0.3) is 0 Å². The van der Waals surface area contributed by atoms with Crippen molar-refractivity contribution in [3.63, 3.8) is 0 Å². The Bertz CT molecular complexity index is 1150. The Morgan fingerprint density at radius 3 is 1.29 bits per heavy atom. The van der Waals surface area contributed by atoms with Crippen molar-refractivity contribution in [1.82, 2.24) is 0 Å². The SMILES string of the molecule is COc1cc(-c2cc3sc(C)cc3s2)c(OC)cc1-c1cc2sc(C)cc2s1. The van der Waals surface area contributed by atoms with Gasteiger partial charge < -0.3 is 9.47 Å². The van der Waals surface area contributed by atoms with Crippen molar-refractivity contribution >= 4 is 64.1 Å². The van der Waals surface area contributed by atoms with E-state index in [1.165, 1.54) is 38.3 Å². The highest BCUT2D eigenvalue weighted by Gasteiger charge is 2.18. The number of thiophene rings is 4. The van der Waals surface area contributed by atoms with Crippen molar-refractivity contribution in [2.24, 2.45) is 0 Å². The summed E-state index contributed by atoms with van der Waals surface area (Å²) < 4.78 is 16.9. The van der Waals surface area contributed by atoms with E-state index in [0.29, 0.717) is 0 Å². The maximum atomic E-state index is 5.79. The van der Waals surface area contributed by atoms with Gasteiger partial charge in [-0.25, -0.2) is 0 Å². The molecule has 2 nitrogen and oxygen atoms in total. The molecule has 28 heavy (non-hydrogen) atoms. The van der Waals surface area contributed by atoms with Gasteiger partial charge in [-0.3, -0.25) is 0 Å². The van der Waals surface area contributed by atoms with E-state index < -0.39 is 0 Å². The van der Waals surface area contributed by atoms with Crippen LogP contribution >= 0.6 is 45.3 Å². The quantitative estimate of drug-likeness (QED) is 0.279. The number of benzene rings is 1. The van der Waals surface area contributed by atoms with Crippen molar-refractivity contribution in [2.75, 3.05) is 14.2 Å². The molecule has 0 atom stereocenters. The minimum atomic E-state index is 0.884. The first-order chi connectivity index (χ1) is 13.6. The molecule has 0 bridgehead atoms. The van der Waals surface area contributed by atoms with E-state index in [0.717, 1.165) is 22.6 Å². The summed E-state index contributed by atoms with van der Waals surface area (Å²) in [6.45, 7) is 4.31. The van der Waals surface area contributed by atoms with Crippen LogP contribution in [-0.4, -0.2) is 14.2 Å². The summed E-state index contributed by atoms with van der Waals surface area (Å²) in [6, 6.07) is 13.3. The Kier molecular flexibility index (Phi) is 4.47. The van der Waals surface area contributed by atoms with Crippen LogP contribution in [0, 0.1) is 13.8 Å². The molecular weight excluding hydrogens is 425 g/mol. The van der Waals surface area contributed by atoms with Crippen molar-refractivity contribution in [3.8, 4) is 32.4 Å². The third kappa shape index (κ3) is 2.95. The van der Waals surface area contributed by atoms with Gasteiger partial charge in [0.2, 0.25) is 0 Å². The summed E-state index contributed by atoms with van der Waals surface area (Å²) in [5, 5.41) is 0. The van der Waals surface area contributed by atoms with Crippen LogP contribution in [0.3, 0.4) is 0 Å². The number of hydrogen-bond donors (Lipinski definition) is 0. The van der Waals surface area contributed by atoms with Gasteiger partial charge in [0.15, 0.2) is 0 Å². The summed E-state index contributed by atoms with van der Waals surface area (Å²) in [6.07, 6.45) is 0. The van der Waals surface area contributed by atoms with Crippen molar-refractivity contribution in [2.45, 2.75) is 13.8 Å². The molecule has 0 saturated heterocycles. The fourth-order valence-corrected chi connectivity index (χ4v) is 8.14. The maximum Gasteiger partial charge on any atom is 0.128 e. The molecular formula is C22H18O2S4. The maximum absolute atomic E-state index is 5.79. The first-order valence-corrected chi connectivity index (χ1v) is 12.1. The highest BCUT2D eigenvalue weighted by atomic mass is 32.1. The summed E-state index contributed by atoms with van der Waals surface area (Å²) in [7, 11) is 3.48. The number of fused-ring (bicyclic) bond motifs is 2. The average molecular weight is 443 g/mol. The second-order valence-corrected chi connectivity index (χ2v) is 11.4. The van der Waals surface area contributed by atoms with Crippen molar-refractivity contribution in [3.05, 3.63) is 46.2 Å². The highest BCUT2D eigenvalue weighted by Crippen LogP contribution is 2.48. The molecule has 0 aliphatic carbocycles. The van der Waals surface area contributed by atoms with Crippen LogP contribution < -0.4 is 9.47 Å². The second-order valence-electron chi connectivity index (χ2n) is 6.65. The van der Waals surface area contributed by atoms with Crippen LogP contribution in [0.25, 0.3) is 39.7 Å². The average Bonchev–Trinajstić information content (AvgIpc) is 3.39.